The van der Waals surface area contributed by atoms with Gasteiger partial charge in [0.25, 0.3) is 0 Å². The first-order valence-corrected chi connectivity index (χ1v) is 6.88. The van der Waals surface area contributed by atoms with Crippen LogP contribution in [-0.4, -0.2) is 43.7 Å². The molecular weight excluding hydrogens is 315 g/mol. The second-order valence-electron chi connectivity index (χ2n) is 4.41. The molecule has 1 fully saturated rings. The Bertz CT molecular complexity index is 470. The van der Waals surface area contributed by atoms with Crippen LogP contribution < -0.4 is 5.32 Å². The number of nitrogens with zero attached hydrogens (tertiary/aromatic N) is 1. The molecule has 0 bridgehead atoms. The molecule has 19 heavy (non-hydrogen) atoms. The van der Waals surface area contributed by atoms with E-state index in [0.29, 0.717) is 36.3 Å². The third-order valence-corrected chi connectivity index (χ3v) is 3.67. The average molecular weight is 331 g/mol. The van der Waals surface area contributed by atoms with E-state index in [4.69, 9.17) is 4.74 Å². The van der Waals surface area contributed by atoms with Crippen LogP contribution in [0.4, 0.5) is 4.39 Å². The average Bonchev–Trinajstić information content (AvgIpc) is 2.41. The normalized spacial score (nSPS) is 20.3. The number of ether oxygens (including phenoxy) is 1. The lowest BCUT2D eigenvalue weighted by Crippen LogP contribution is -2.52. The Hall–Kier alpha value is -0.980. The zero-order valence-electron chi connectivity index (χ0n) is 10.7. The van der Waals surface area contributed by atoms with Gasteiger partial charge < -0.3 is 10.1 Å². The lowest BCUT2D eigenvalue weighted by Gasteiger charge is -2.34. The van der Waals surface area contributed by atoms with E-state index in [1.54, 1.807) is 19.2 Å². The van der Waals surface area contributed by atoms with Crippen molar-refractivity contribution >= 4 is 21.8 Å². The minimum absolute atomic E-state index is 0.0998. The smallest absolute Gasteiger partial charge is 0.239 e. The SMILES string of the molecule is CNC(=O)C1COCCN1Cc1ccc(Br)cc1F. The number of benzene rings is 1. The van der Waals surface area contributed by atoms with Crippen molar-refractivity contribution in [1.82, 2.24) is 10.2 Å². The largest absolute Gasteiger partial charge is 0.378 e. The van der Waals surface area contributed by atoms with E-state index in [2.05, 4.69) is 21.2 Å². The predicted octanol–water partition coefficient (Wildman–Crippen LogP) is 1.53. The summed E-state index contributed by atoms with van der Waals surface area (Å²) in [7, 11) is 1.59. The highest BCUT2D eigenvalue weighted by Gasteiger charge is 2.29. The highest BCUT2D eigenvalue weighted by Crippen LogP contribution is 2.19. The molecule has 6 heteroatoms. The molecule has 0 saturated carbocycles. The molecule has 4 nitrogen and oxygen atoms in total. The Morgan fingerprint density at radius 3 is 3.11 bits per heavy atom. The first kappa shape index (κ1) is 14.4. The maximum absolute atomic E-state index is 13.8. The van der Waals surface area contributed by atoms with E-state index in [9.17, 15) is 9.18 Å². The van der Waals surface area contributed by atoms with Gasteiger partial charge in [-0.25, -0.2) is 4.39 Å². The van der Waals surface area contributed by atoms with Crippen LogP contribution in [0.3, 0.4) is 0 Å². The minimum atomic E-state index is -0.359. The first-order valence-electron chi connectivity index (χ1n) is 6.09. The van der Waals surface area contributed by atoms with Crippen molar-refractivity contribution in [3.05, 3.63) is 34.1 Å². The molecule has 1 amide bonds. The molecule has 0 aromatic heterocycles. The Kier molecular flexibility index (Phi) is 4.90. The number of morpholine rings is 1. The Labute approximate surface area is 120 Å². The van der Waals surface area contributed by atoms with Gasteiger partial charge in [-0.15, -0.1) is 0 Å². The molecule has 0 radical (unpaired) electrons. The summed E-state index contributed by atoms with van der Waals surface area (Å²) >= 11 is 3.23. The summed E-state index contributed by atoms with van der Waals surface area (Å²) in [6.07, 6.45) is 0. The zero-order valence-corrected chi connectivity index (χ0v) is 12.2. The van der Waals surface area contributed by atoms with E-state index >= 15 is 0 Å². The van der Waals surface area contributed by atoms with Gasteiger partial charge in [0.2, 0.25) is 5.91 Å². The number of hydrogen-bond donors (Lipinski definition) is 1. The molecule has 1 aliphatic heterocycles. The topological polar surface area (TPSA) is 41.6 Å². The predicted molar refractivity (Wildman–Crippen MR) is 73.2 cm³/mol. The van der Waals surface area contributed by atoms with Gasteiger partial charge in [0.1, 0.15) is 11.9 Å². The molecule has 1 heterocycles. The van der Waals surface area contributed by atoms with Gasteiger partial charge >= 0.3 is 0 Å². The monoisotopic (exact) mass is 330 g/mol. The molecule has 1 aliphatic rings. The van der Waals surface area contributed by atoms with Crippen molar-refractivity contribution < 1.29 is 13.9 Å². The van der Waals surface area contributed by atoms with Gasteiger partial charge in [0, 0.05) is 30.2 Å². The number of hydrogen-bond acceptors (Lipinski definition) is 3. The molecule has 1 aromatic carbocycles. The second-order valence-corrected chi connectivity index (χ2v) is 5.33. The molecule has 104 valence electrons. The summed E-state index contributed by atoms with van der Waals surface area (Å²) < 4.78 is 19.9. The first-order chi connectivity index (χ1) is 9.11. The summed E-state index contributed by atoms with van der Waals surface area (Å²) in [5.41, 5.74) is 0.582. The van der Waals surface area contributed by atoms with Crippen molar-refractivity contribution in [3.63, 3.8) is 0 Å². The van der Waals surface area contributed by atoms with Crippen molar-refractivity contribution in [2.45, 2.75) is 12.6 Å². The number of halogens is 2. The van der Waals surface area contributed by atoms with Crippen LogP contribution in [0.25, 0.3) is 0 Å². The summed E-state index contributed by atoms with van der Waals surface area (Å²) in [5, 5.41) is 2.61. The van der Waals surface area contributed by atoms with Gasteiger partial charge in [-0.05, 0) is 12.1 Å². The minimum Gasteiger partial charge on any atom is -0.378 e. The van der Waals surface area contributed by atoms with Gasteiger partial charge in [0.15, 0.2) is 0 Å². The summed E-state index contributed by atoms with van der Waals surface area (Å²) in [4.78, 5) is 13.7. The fraction of sp³-hybridized carbons (Fsp3) is 0.462. The number of amides is 1. The maximum atomic E-state index is 13.8. The van der Waals surface area contributed by atoms with Crippen molar-refractivity contribution in [2.24, 2.45) is 0 Å². The van der Waals surface area contributed by atoms with Crippen LogP contribution in [-0.2, 0) is 16.1 Å². The number of carbonyl (C=O) groups is 1. The number of likely N-dealkylation sites (N-methyl/N-ethyl adjacent to an activating group) is 1. The quantitative estimate of drug-likeness (QED) is 0.914. The lowest BCUT2D eigenvalue weighted by atomic mass is 10.1. The standard InChI is InChI=1S/C13H16BrFN2O2/c1-16-13(18)12-8-19-5-4-17(12)7-9-2-3-10(14)6-11(9)15/h2-3,6,12H,4-5,7-8H2,1H3,(H,16,18). The van der Waals surface area contributed by atoms with Crippen LogP contribution in [0.1, 0.15) is 5.56 Å². The van der Waals surface area contributed by atoms with Gasteiger partial charge in [0.05, 0.1) is 13.2 Å². The van der Waals surface area contributed by atoms with Crippen molar-refractivity contribution in [2.75, 3.05) is 26.8 Å². The molecule has 2 rings (SSSR count). The molecule has 0 spiro atoms. The van der Waals surface area contributed by atoms with Crippen LogP contribution in [0, 0.1) is 5.82 Å². The van der Waals surface area contributed by atoms with E-state index < -0.39 is 0 Å². The molecule has 1 aromatic rings. The third kappa shape index (κ3) is 3.52. The fourth-order valence-electron chi connectivity index (χ4n) is 2.10. The Balaban J connectivity index is 2.13. The number of carbonyl (C=O) groups excluding carboxylic acids is 1. The number of nitrogens with one attached hydrogen (secondary N) is 1. The molecule has 1 saturated heterocycles. The van der Waals surface area contributed by atoms with Gasteiger partial charge in [-0.2, -0.15) is 0 Å². The van der Waals surface area contributed by atoms with E-state index in [0.717, 1.165) is 0 Å². The van der Waals surface area contributed by atoms with E-state index in [1.807, 2.05) is 4.90 Å². The van der Waals surface area contributed by atoms with Crippen molar-refractivity contribution in [1.29, 1.82) is 0 Å². The molecule has 0 aliphatic carbocycles. The van der Waals surface area contributed by atoms with Gasteiger partial charge in [-0.3, -0.25) is 9.69 Å². The molecule has 1 unspecified atom stereocenters. The molecule has 1 atom stereocenters. The van der Waals surface area contributed by atoms with Crippen LogP contribution in [0.15, 0.2) is 22.7 Å². The second kappa shape index (κ2) is 6.45. The highest BCUT2D eigenvalue weighted by atomic mass is 79.9. The third-order valence-electron chi connectivity index (χ3n) is 3.18. The summed E-state index contributed by atoms with van der Waals surface area (Å²) in [6.45, 7) is 1.93. The van der Waals surface area contributed by atoms with Gasteiger partial charge in [-0.1, -0.05) is 22.0 Å². The maximum Gasteiger partial charge on any atom is 0.239 e. The highest BCUT2D eigenvalue weighted by molar-refractivity contribution is 9.10. The Morgan fingerprint density at radius 2 is 2.42 bits per heavy atom. The van der Waals surface area contributed by atoms with E-state index in [1.165, 1.54) is 6.07 Å². The summed E-state index contributed by atoms with van der Waals surface area (Å²) in [5.74, 6) is -0.367. The summed E-state index contributed by atoms with van der Waals surface area (Å²) in [6, 6.07) is 4.61. The fourth-order valence-corrected chi connectivity index (χ4v) is 2.44. The number of rotatable bonds is 3. The lowest BCUT2D eigenvalue weighted by molar-refractivity contribution is -0.132. The molecular formula is C13H16BrFN2O2. The Morgan fingerprint density at radius 1 is 1.63 bits per heavy atom. The van der Waals surface area contributed by atoms with E-state index in [-0.39, 0.29) is 17.8 Å². The molecule has 1 N–H and O–H groups in total. The van der Waals surface area contributed by atoms with Crippen LogP contribution in [0.2, 0.25) is 0 Å². The van der Waals surface area contributed by atoms with Crippen LogP contribution >= 0.6 is 15.9 Å². The zero-order chi connectivity index (χ0) is 13.8. The van der Waals surface area contributed by atoms with Crippen molar-refractivity contribution in [3.8, 4) is 0 Å². The van der Waals surface area contributed by atoms with Crippen LogP contribution in [0.5, 0.6) is 0 Å².